The third-order valence-corrected chi connectivity index (χ3v) is 16.7. The van der Waals surface area contributed by atoms with E-state index in [9.17, 15) is 67.4 Å². The first-order valence-electron chi connectivity index (χ1n) is 36.4. The Kier molecular flexibility index (Phi) is 49.9. The van der Waals surface area contributed by atoms with Gasteiger partial charge in [-0.1, -0.05) is 102 Å². The molecule has 0 aliphatic carbocycles. The van der Waals surface area contributed by atoms with E-state index in [1.807, 2.05) is 121 Å². The Bertz CT molecular complexity index is 4050. The number of carboxylic acids is 1. The first-order valence-corrected chi connectivity index (χ1v) is 36.4. The van der Waals surface area contributed by atoms with Crippen LogP contribution in [0.15, 0.2) is 89.4 Å². The number of carbonyl (C=O) groups excluding carboxylic acids is 7. The largest absolute Gasteiger partial charge is 1.00 e. The Morgan fingerprint density at radius 3 is 1.08 bits per heavy atom. The third kappa shape index (κ3) is 38.4. The SMILES string of the molecule is CCC(C)(C)C(=O)OCCOCCOCCOCCOC(=O)Oc1[nH]c(=O)[nH]c(=O)c1C.CCC(C)(C)C(=O)OCCOCCOCCOCCOC(=O)Oc1c(Cc2ccccc2)c(=O)n(C)c(=O)n1C.CCC(C)C(=O)OCCCCOC(=O)Oc1c(Cc2ccccc2)c(=O)n(C)c(=O)n1C.CCC(C)C(=O)[O-].[Na+]. The van der Waals surface area contributed by atoms with Crippen LogP contribution in [0.1, 0.15) is 136 Å². The van der Waals surface area contributed by atoms with Gasteiger partial charge in [0.2, 0.25) is 17.6 Å². The Labute approximate surface area is 672 Å². The van der Waals surface area contributed by atoms with Crippen LogP contribution in [0.4, 0.5) is 14.4 Å². The maximum absolute atomic E-state index is 12.7. The van der Waals surface area contributed by atoms with Crippen molar-refractivity contribution in [2.45, 2.75) is 128 Å². The molecule has 0 aliphatic rings. The molecule has 5 rings (SSSR count). The molecule has 0 fully saturated rings. The number of carboxylic acid groups (broad SMARTS) is 1. The van der Waals surface area contributed by atoms with Crippen LogP contribution in [0.5, 0.6) is 17.6 Å². The molecule has 3 heterocycles. The summed E-state index contributed by atoms with van der Waals surface area (Å²) in [6.07, 6.45) is 0.980. The van der Waals surface area contributed by atoms with Crippen LogP contribution in [0.3, 0.4) is 0 Å². The summed E-state index contributed by atoms with van der Waals surface area (Å²) in [5.41, 5.74) is -2.76. The number of nitrogens with one attached hydrogen (secondary N) is 2. The maximum atomic E-state index is 12.7. The molecule has 0 amide bonds. The van der Waals surface area contributed by atoms with Crippen molar-refractivity contribution in [3.05, 3.63) is 151 Å². The summed E-state index contributed by atoms with van der Waals surface area (Å²) in [5.74, 6) is -2.70. The molecule has 0 radical (unpaired) electrons. The first kappa shape index (κ1) is 101. The van der Waals surface area contributed by atoms with Gasteiger partial charge in [-0.2, -0.15) is 0 Å². The molecule has 620 valence electrons. The van der Waals surface area contributed by atoms with Crippen molar-refractivity contribution >= 4 is 42.3 Å². The Morgan fingerprint density at radius 2 is 0.750 bits per heavy atom. The number of aromatic nitrogens is 6. The molecule has 0 saturated carbocycles. The van der Waals surface area contributed by atoms with E-state index in [1.165, 1.54) is 35.1 Å². The molecule has 0 saturated heterocycles. The van der Waals surface area contributed by atoms with Gasteiger partial charge in [-0.25, -0.2) is 28.8 Å². The average molecular weight is 1600 g/mol. The smallest absolute Gasteiger partial charge is 0.550 e. The van der Waals surface area contributed by atoms with Crippen molar-refractivity contribution in [2.75, 3.05) is 119 Å². The molecule has 2 atom stereocenters. The van der Waals surface area contributed by atoms with Gasteiger partial charge in [-0.3, -0.25) is 57.0 Å². The zero-order chi connectivity index (χ0) is 83.1. The minimum Gasteiger partial charge on any atom is -0.550 e. The molecule has 2 N–H and O–H groups in total. The molecule has 3 aromatic heterocycles. The van der Waals surface area contributed by atoms with E-state index < -0.39 is 69.0 Å². The summed E-state index contributed by atoms with van der Waals surface area (Å²) < 4.78 is 81.8. The minimum atomic E-state index is -1.07. The molecule has 35 nitrogen and oxygen atoms in total. The van der Waals surface area contributed by atoms with Gasteiger partial charge in [-0.15, -0.1) is 0 Å². The third-order valence-electron chi connectivity index (χ3n) is 16.7. The van der Waals surface area contributed by atoms with Crippen molar-refractivity contribution in [3.8, 4) is 17.6 Å². The summed E-state index contributed by atoms with van der Waals surface area (Å²) in [6.45, 7) is 23.7. The summed E-state index contributed by atoms with van der Waals surface area (Å²) >= 11 is 0. The van der Waals surface area contributed by atoms with Crippen LogP contribution in [0, 0.1) is 29.6 Å². The molecule has 5 aromatic rings. The number of aliphatic carboxylic acids is 1. The number of nitrogens with zero attached hydrogens (tertiary/aromatic N) is 4. The molecule has 2 aromatic carbocycles. The zero-order valence-electron chi connectivity index (χ0n) is 67.4. The number of hydrogen-bond acceptors (Lipinski definition) is 29. The fraction of sp³-hybridized carbons (Fsp3) is 0.592. The van der Waals surface area contributed by atoms with Gasteiger partial charge in [0, 0.05) is 47.0 Å². The second-order valence-corrected chi connectivity index (χ2v) is 26.0. The van der Waals surface area contributed by atoms with Gasteiger partial charge in [0.1, 0.15) is 26.4 Å². The number of rotatable bonds is 44. The predicted molar refractivity (Wildman–Crippen MR) is 400 cm³/mol. The number of ether oxygens (including phenoxy) is 15. The first-order chi connectivity index (χ1) is 52.7. The maximum Gasteiger partial charge on any atom is 1.00 e. The summed E-state index contributed by atoms with van der Waals surface area (Å²) in [6, 6.07) is 18.3. The van der Waals surface area contributed by atoms with E-state index in [-0.39, 0.29) is 179 Å². The zero-order valence-corrected chi connectivity index (χ0v) is 69.4. The van der Waals surface area contributed by atoms with E-state index in [0.29, 0.717) is 84.8 Å². The van der Waals surface area contributed by atoms with Crippen molar-refractivity contribution in [1.29, 1.82) is 0 Å². The van der Waals surface area contributed by atoms with Crippen molar-refractivity contribution in [2.24, 2.45) is 50.9 Å². The number of unbranched alkanes of at least 4 members (excludes halogenated alkanes) is 1. The number of benzene rings is 2. The molecule has 36 heteroatoms. The summed E-state index contributed by atoms with van der Waals surface area (Å²) in [5, 5.41) is 9.82. The monoisotopic (exact) mass is 1590 g/mol. The molecule has 112 heavy (non-hydrogen) atoms. The Balaban J connectivity index is 0.000000806. The van der Waals surface area contributed by atoms with E-state index in [2.05, 4.69) is 4.98 Å². The van der Waals surface area contributed by atoms with Crippen LogP contribution in [0.2, 0.25) is 0 Å². The van der Waals surface area contributed by atoms with Gasteiger partial charge in [0.25, 0.3) is 16.7 Å². The number of esters is 3. The molecular formula is C76H111N6NaO29. The van der Waals surface area contributed by atoms with E-state index in [1.54, 1.807) is 13.8 Å². The molecular weight excluding hydrogens is 1480 g/mol. The van der Waals surface area contributed by atoms with Gasteiger partial charge in [0.15, 0.2) is 0 Å². The van der Waals surface area contributed by atoms with E-state index >= 15 is 0 Å². The summed E-state index contributed by atoms with van der Waals surface area (Å²) in [4.78, 5) is 158. The number of carbonyl (C=O) groups is 7. The van der Waals surface area contributed by atoms with Gasteiger partial charge in [0.05, 0.1) is 126 Å². The van der Waals surface area contributed by atoms with Crippen LogP contribution >= 0.6 is 0 Å². The molecule has 2 unspecified atom stereocenters. The minimum absolute atomic E-state index is 0. The number of hydrogen-bond donors (Lipinski definition) is 2. The van der Waals surface area contributed by atoms with Crippen LogP contribution in [-0.2, 0) is 117 Å². The number of aromatic amines is 2. The Morgan fingerprint density at radius 1 is 0.429 bits per heavy atom. The topological polar surface area (TPSA) is 435 Å². The Hall–Kier alpha value is -9.07. The second kappa shape index (κ2) is 55.4. The van der Waals surface area contributed by atoms with Crippen molar-refractivity contribution in [1.82, 2.24) is 28.2 Å². The normalized spacial score (nSPS) is 11.4. The van der Waals surface area contributed by atoms with Crippen LogP contribution in [0.25, 0.3) is 0 Å². The van der Waals surface area contributed by atoms with Gasteiger partial charge < -0.3 is 81.0 Å². The standard InChI is InChI=1S/C28H40N2O10.C23H30N2O7.C20H32N2O10.C5H10O2.Na/c1-6-28(2,3)25(32)38-18-16-36-14-12-35-13-15-37-17-19-39-27(34)40-24-22(20-21-10-8-7-9-11-21)23(31)29(4)26(33)30(24)5;1-5-16(2)21(27)30-13-9-10-14-31-23(29)32-20-18(15-17-11-7-6-8-12-17)19(26)24(3)22(28)25(20)4;1-5-20(3,4)17(24)30-12-10-28-8-6-27-7-9-29-11-13-31-19(26)32-16-14(2)15(23)21-18(25)22-16;1-3-4(2)5(6)7;/h7-11H,6,12-20H2,1-5H3;6-8,11-12,16H,5,9-10,13-15H2,1-4H3;5-13H2,1-4H3,(H2,21,22,23,25);4H,3H2,1-2H3,(H,6,7);/q;;;;+1/p-1. The summed E-state index contributed by atoms with van der Waals surface area (Å²) in [7, 11) is 5.57. The quantitative estimate of drug-likeness (QED) is 0.0245. The fourth-order valence-corrected chi connectivity index (χ4v) is 8.44. The van der Waals surface area contributed by atoms with Crippen molar-refractivity contribution in [3.63, 3.8) is 0 Å². The second-order valence-electron chi connectivity index (χ2n) is 26.0. The molecule has 0 spiro atoms. The average Bonchev–Trinajstić information content (AvgIpc) is 0.789. The van der Waals surface area contributed by atoms with Gasteiger partial charge >= 0.3 is 83.0 Å². The number of H-pyrrole nitrogens is 2. The fourth-order valence-electron chi connectivity index (χ4n) is 8.44. The van der Waals surface area contributed by atoms with E-state index in [4.69, 9.17) is 71.1 Å². The van der Waals surface area contributed by atoms with Crippen LogP contribution in [-0.4, -0.2) is 190 Å². The van der Waals surface area contributed by atoms with Gasteiger partial charge in [-0.05, 0) is 90.2 Å². The predicted octanol–water partition coefficient (Wildman–Crippen LogP) is 2.48. The van der Waals surface area contributed by atoms with Crippen molar-refractivity contribution < 1.29 is 139 Å². The van der Waals surface area contributed by atoms with Crippen LogP contribution < -0.4 is 82.6 Å². The molecule has 0 bridgehead atoms. The van der Waals surface area contributed by atoms with E-state index in [0.717, 1.165) is 29.4 Å². The molecule has 0 aliphatic heterocycles.